The van der Waals surface area contributed by atoms with Gasteiger partial charge in [-0.2, -0.15) is 0 Å². The smallest absolute Gasteiger partial charge is 0.253 e. The van der Waals surface area contributed by atoms with Crippen LogP contribution in [0.25, 0.3) is 0 Å². The number of nitrogens with zero attached hydrogens (tertiary/aromatic N) is 3. The van der Waals surface area contributed by atoms with E-state index in [9.17, 15) is 14.0 Å². The summed E-state index contributed by atoms with van der Waals surface area (Å²) in [4.78, 5) is 30.4. The number of benzene rings is 1. The van der Waals surface area contributed by atoms with Gasteiger partial charge in [0.05, 0.1) is 17.8 Å². The van der Waals surface area contributed by atoms with Gasteiger partial charge in [0.15, 0.2) is 0 Å². The van der Waals surface area contributed by atoms with Crippen molar-refractivity contribution in [1.29, 1.82) is 0 Å². The Morgan fingerprint density at radius 2 is 1.89 bits per heavy atom. The van der Waals surface area contributed by atoms with Gasteiger partial charge in [0.2, 0.25) is 5.91 Å². The number of primary amides is 1. The minimum absolute atomic E-state index is 0.0788. The number of hydrogen-bond acceptors (Lipinski definition) is 4. The van der Waals surface area contributed by atoms with E-state index >= 15 is 0 Å². The monoisotopic (exact) mass is 440 g/mol. The molecule has 0 aliphatic carbocycles. The van der Waals surface area contributed by atoms with Gasteiger partial charge in [-0.05, 0) is 38.3 Å². The van der Waals surface area contributed by atoms with Gasteiger partial charge in [-0.25, -0.2) is 4.39 Å². The summed E-state index contributed by atoms with van der Waals surface area (Å²) >= 11 is 3.28. The third-order valence-corrected chi connectivity index (χ3v) is 5.93. The fraction of sp³-hybridized carbons (Fsp3) is 0.579. The lowest BCUT2D eigenvalue weighted by atomic mass is 10.0. The molecule has 2 fully saturated rings. The van der Waals surface area contributed by atoms with Crippen molar-refractivity contribution in [2.75, 3.05) is 44.2 Å². The number of nitrogens with two attached hydrogens (primary N) is 1. The molecule has 0 bridgehead atoms. The maximum atomic E-state index is 14.2. The zero-order valence-electron chi connectivity index (χ0n) is 15.6. The summed E-state index contributed by atoms with van der Waals surface area (Å²) in [7, 11) is 0. The molecule has 8 heteroatoms. The Hall–Kier alpha value is -1.67. The van der Waals surface area contributed by atoms with Crippen molar-refractivity contribution in [2.24, 2.45) is 5.73 Å². The van der Waals surface area contributed by atoms with E-state index < -0.39 is 11.7 Å². The van der Waals surface area contributed by atoms with Crippen LogP contribution in [-0.2, 0) is 4.79 Å². The first-order valence-electron chi connectivity index (χ1n) is 9.42. The third kappa shape index (κ3) is 4.60. The average Bonchev–Trinajstić information content (AvgIpc) is 2.61. The Balaban J connectivity index is 1.62. The molecule has 2 heterocycles. The van der Waals surface area contributed by atoms with Crippen LogP contribution in [0.3, 0.4) is 0 Å². The summed E-state index contributed by atoms with van der Waals surface area (Å²) in [5, 5.41) is 0. The number of carbonyl (C=O) groups is 2. The van der Waals surface area contributed by atoms with E-state index in [0.717, 1.165) is 19.4 Å². The molecule has 1 atom stereocenters. The summed E-state index contributed by atoms with van der Waals surface area (Å²) in [6.07, 6.45) is 3.34. The lowest BCUT2D eigenvalue weighted by molar-refractivity contribution is -0.135. The second-order valence-corrected chi connectivity index (χ2v) is 8.26. The SMILES string of the molecule is CC1CCCCN1C(=O)CN1CCN(c2cc(Br)cc(F)c2C(N)=O)CC1. The highest BCUT2D eigenvalue weighted by Gasteiger charge is 2.28. The number of rotatable bonds is 4. The zero-order chi connectivity index (χ0) is 19.6. The van der Waals surface area contributed by atoms with Crippen LogP contribution in [0.15, 0.2) is 16.6 Å². The molecule has 0 aromatic heterocycles. The van der Waals surface area contributed by atoms with Crippen molar-refractivity contribution in [1.82, 2.24) is 9.80 Å². The van der Waals surface area contributed by atoms with Crippen molar-refractivity contribution in [3.05, 3.63) is 28.0 Å². The van der Waals surface area contributed by atoms with Crippen molar-refractivity contribution in [3.63, 3.8) is 0 Å². The number of amides is 2. The van der Waals surface area contributed by atoms with E-state index in [0.29, 0.717) is 48.9 Å². The molecule has 6 nitrogen and oxygen atoms in total. The van der Waals surface area contributed by atoms with E-state index in [1.807, 2.05) is 9.80 Å². The van der Waals surface area contributed by atoms with Gasteiger partial charge in [-0.1, -0.05) is 15.9 Å². The highest BCUT2D eigenvalue weighted by atomic mass is 79.9. The van der Waals surface area contributed by atoms with Gasteiger partial charge < -0.3 is 15.5 Å². The topological polar surface area (TPSA) is 69.9 Å². The quantitative estimate of drug-likeness (QED) is 0.778. The van der Waals surface area contributed by atoms with Crippen molar-refractivity contribution < 1.29 is 14.0 Å². The van der Waals surface area contributed by atoms with Crippen molar-refractivity contribution in [2.45, 2.75) is 32.2 Å². The fourth-order valence-electron chi connectivity index (χ4n) is 3.95. The Morgan fingerprint density at radius 1 is 1.19 bits per heavy atom. The second-order valence-electron chi connectivity index (χ2n) is 7.34. The summed E-state index contributed by atoms with van der Waals surface area (Å²) in [5.74, 6) is -1.21. The van der Waals surface area contributed by atoms with E-state index in [4.69, 9.17) is 5.73 Å². The highest BCUT2D eigenvalue weighted by molar-refractivity contribution is 9.10. The van der Waals surface area contributed by atoms with Crippen molar-refractivity contribution in [3.8, 4) is 0 Å². The molecule has 0 spiro atoms. The van der Waals surface area contributed by atoms with E-state index in [-0.39, 0.29) is 11.5 Å². The largest absolute Gasteiger partial charge is 0.368 e. The predicted octanol–water partition coefficient (Wildman–Crippen LogP) is 2.21. The third-order valence-electron chi connectivity index (χ3n) is 5.48. The first kappa shape index (κ1) is 20.1. The van der Waals surface area contributed by atoms with Crippen LogP contribution >= 0.6 is 15.9 Å². The summed E-state index contributed by atoms with van der Waals surface area (Å²) in [5.41, 5.74) is 5.81. The summed E-state index contributed by atoms with van der Waals surface area (Å²) in [6, 6.07) is 3.29. The average molecular weight is 441 g/mol. The zero-order valence-corrected chi connectivity index (χ0v) is 17.2. The molecule has 27 heavy (non-hydrogen) atoms. The van der Waals surface area contributed by atoms with Crippen LogP contribution in [0.1, 0.15) is 36.5 Å². The molecule has 1 aromatic carbocycles. The lowest BCUT2D eigenvalue weighted by Crippen LogP contribution is -2.52. The molecule has 2 aliphatic heterocycles. The lowest BCUT2D eigenvalue weighted by Gasteiger charge is -2.39. The number of halogens is 2. The number of likely N-dealkylation sites (tertiary alicyclic amines) is 1. The number of carbonyl (C=O) groups excluding carboxylic acids is 2. The van der Waals surface area contributed by atoms with Gasteiger partial charge >= 0.3 is 0 Å². The van der Waals surface area contributed by atoms with Crippen molar-refractivity contribution >= 4 is 33.4 Å². The second kappa shape index (κ2) is 8.56. The van der Waals surface area contributed by atoms with Gasteiger partial charge in [0.25, 0.3) is 5.91 Å². The molecular weight excluding hydrogens is 415 g/mol. The van der Waals surface area contributed by atoms with Crippen LogP contribution in [0, 0.1) is 5.82 Å². The van der Waals surface area contributed by atoms with Gasteiger partial charge in [0, 0.05) is 43.2 Å². The molecule has 0 radical (unpaired) electrons. The Bertz CT molecular complexity index is 722. The molecule has 0 saturated carbocycles. The number of anilines is 1. The Labute approximate surface area is 167 Å². The van der Waals surface area contributed by atoms with Crippen LogP contribution in [0.4, 0.5) is 10.1 Å². The van der Waals surface area contributed by atoms with Gasteiger partial charge in [-0.15, -0.1) is 0 Å². The molecule has 148 valence electrons. The van der Waals surface area contributed by atoms with Crippen LogP contribution in [-0.4, -0.2) is 66.9 Å². The maximum absolute atomic E-state index is 14.2. The normalized spacial score (nSPS) is 21.4. The molecule has 2 N–H and O–H groups in total. The molecule has 1 aromatic rings. The molecule has 3 rings (SSSR count). The minimum Gasteiger partial charge on any atom is -0.368 e. The maximum Gasteiger partial charge on any atom is 0.253 e. The molecule has 2 aliphatic rings. The van der Waals surface area contributed by atoms with E-state index in [1.54, 1.807) is 6.07 Å². The standard InChI is InChI=1S/C19H26BrFN4O2/c1-13-4-2-3-5-25(13)17(26)12-23-6-8-24(9-7-23)16-11-14(20)10-15(21)18(16)19(22)27/h10-11,13H,2-9,12H2,1H3,(H2,22,27). The van der Waals surface area contributed by atoms with Gasteiger partial charge in [0.1, 0.15) is 5.82 Å². The first-order valence-corrected chi connectivity index (χ1v) is 10.2. The summed E-state index contributed by atoms with van der Waals surface area (Å²) < 4.78 is 14.8. The van der Waals surface area contributed by atoms with E-state index in [2.05, 4.69) is 27.8 Å². The predicted molar refractivity (Wildman–Crippen MR) is 106 cm³/mol. The first-order chi connectivity index (χ1) is 12.9. The van der Waals surface area contributed by atoms with Gasteiger partial charge in [-0.3, -0.25) is 14.5 Å². The number of hydrogen-bond donors (Lipinski definition) is 1. The number of piperidine rings is 1. The van der Waals surface area contributed by atoms with Crippen LogP contribution in [0.2, 0.25) is 0 Å². The summed E-state index contributed by atoms with van der Waals surface area (Å²) in [6.45, 7) is 5.95. The Kier molecular flexibility index (Phi) is 6.37. The fourth-order valence-corrected chi connectivity index (χ4v) is 4.37. The van der Waals surface area contributed by atoms with Crippen LogP contribution < -0.4 is 10.6 Å². The minimum atomic E-state index is -0.772. The van der Waals surface area contributed by atoms with E-state index in [1.165, 1.54) is 12.5 Å². The molecule has 2 saturated heterocycles. The Morgan fingerprint density at radius 3 is 2.52 bits per heavy atom. The molecule has 1 unspecified atom stereocenters. The molecular formula is C19H26BrFN4O2. The number of piperazine rings is 1. The highest BCUT2D eigenvalue weighted by Crippen LogP contribution is 2.29. The molecule has 2 amide bonds. The van der Waals surface area contributed by atoms with Crippen LogP contribution in [0.5, 0.6) is 0 Å².